The van der Waals surface area contributed by atoms with Gasteiger partial charge in [0, 0.05) is 12.0 Å². The van der Waals surface area contributed by atoms with Gasteiger partial charge in [0.2, 0.25) is 5.75 Å². The number of hydrogen-bond acceptors (Lipinski definition) is 4. The van der Waals surface area contributed by atoms with E-state index in [-0.39, 0.29) is 0 Å². The molecule has 0 unspecified atom stereocenters. The second-order valence-corrected chi connectivity index (χ2v) is 3.40. The van der Waals surface area contributed by atoms with Crippen LogP contribution in [0.4, 0.5) is 0 Å². The van der Waals surface area contributed by atoms with Crippen molar-refractivity contribution in [3.05, 3.63) is 17.7 Å². The highest BCUT2D eigenvalue weighted by Gasteiger charge is 2.13. The molecule has 4 heteroatoms. The highest BCUT2D eigenvalue weighted by atomic mass is 16.5. The summed E-state index contributed by atoms with van der Waals surface area (Å²) in [7, 11) is 3.03. The van der Waals surface area contributed by atoms with Gasteiger partial charge in [-0.1, -0.05) is 0 Å². The van der Waals surface area contributed by atoms with Gasteiger partial charge < -0.3 is 14.2 Å². The maximum Gasteiger partial charge on any atom is 0.203 e. The summed E-state index contributed by atoms with van der Waals surface area (Å²) in [6.07, 6.45) is 1.36. The molecule has 18 heavy (non-hydrogen) atoms. The molecular weight excluding hydrogens is 232 g/mol. The van der Waals surface area contributed by atoms with E-state index in [9.17, 15) is 4.79 Å². The average molecular weight is 248 g/mol. The molecule has 0 aliphatic carbocycles. The smallest absolute Gasteiger partial charge is 0.203 e. The summed E-state index contributed by atoms with van der Waals surface area (Å²) in [5.41, 5.74) is 0.476. The van der Waals surface area contributed by atoms with Crippen LogP contribution in [0.2, 0.25) is 0 Å². The van der Waals surface area contributed by atoms with Crippen LogP contribution < -0.4 is 14.2 Å². The van der Waals surface area contributed by atoms with Crippen molar-refractivity contribution in [1.29, 1.82) is 0 Å². The molecule has 0 heterocycles. The molecule has 0 atom stereocenters. The fraction of sp³-hybridized carbons (Fsp3) is 0.357. The largest absolute Gasteiger partial charge is 0.493 e. The molecule has 1 aromatic rings. The van der Waals surface area contributed by atoms with Crippen LogP contribution in [0, 0.1) is 11.8 Å². The van der Waals surface area contributed by atoms with Crippen LogP contribution in [0.15, 0.2) is 12.1 Å². The van der Waals surface area contributed by atoms with Crippen molar-refractivity contribution in [1.82, 2.24) is 0 Å². The summed E-state index contributed by atoms with van der Waals surface area (Å²) in [5.74, 6) is 7.13. The predicted molar refractivity (Wildman–Crippen MR) is 68.5 cm³/mol. The number of carbonyl (C=O) groups excluding carboxylic acids is 1. The molecule has 0 bridgehead atoms. The standard InChI is InChI=1S/C14H16O4/c1-4-5-6-7-18-14-12(16-2)8-11(10-15)9-13(14)17-3/h8-10H,6-7H2,1-3H3. The van der Waals surface area contributed by atoms with E-state index in [1.165, 1.54) is 14.2 Å². The average Bonchev–Trinajstić information content (AvgIpc) is 2.42. The van der Waals surface area contributed by atoms with E-state index in [4.69, 9.17) is 14.2 Å². The Labute approximate surface area is 107 Å². The lowest BCUT2D eigenvalue weighted by molar-refractivity contribution is 0.112. The van der Waals surface area contributed by atoms with Crippen molar-refractivity contribution in [2.75, 3.05) is 20.8 Å². The summed E-state index contributed by atoms with van der Waals surface area (Å²) >= 11 is 0. The van der Waals surface area contributed by atoms with Crippen LogP contribution in [0.3, 0.4) is 0 Å². The molecule has 1 aromatic carbocycles. The summed E-state index contributed by atoms with van der Waals surface area (Å²) in [5, 5.41) is 0. The predicted octanol–water partition coefficient (Wildman–Crippen LogP) is 2.31. The molecule has 0 aliphatic rings. The third-order valence-electron chi connectivity index (χ3n) is 2.27. The molecule has 0 spiro atoms. The van der Waals surface area contributed by atoms with E-state index in [1.54, 1.807) is 19.1 Å². The minimum absolute atomic E-state index is 0.438. The van der Waals surface area contributed by atoms with E-state index in [0.717, 1.165) is 6.29 Å². The summed E-state index contributed by atoms with van der Waals surface area (Å²) in [4.78, 5) is 10.8. The molecule has 0 fully saturated rings. The first-order chi connectivity index (χ1) is 8.76. The van der Waals surface area contributed by atoms with Gasteiger partial charge in [-0.25, -0.2) is 0 Å². The summed E-state index contributed by atoms with van der Waals surface area (Å²) < 4.78 is 16.0. The number of hydrogen-bond donors (Lipinski definition) is 0. The van der Waals surface area contributed by atoms with Gasteiger partial charge in [0.05, 0.1) is 20.8 Å². The van der Waals surface area contributed by atoms with Gasteiger partial charge in [0.15, 0.2) is 11.5 Å². The van der Waals surface area contributed by atoms with Crippen molar-refractivity contribution in [3.8, 4) is 29.1 Å². The van der Waals surface area contributed by atoms with Gasteiger partial charge in [-0.2, -0.15) is 0 Å². The lowest BCUT2D eigenvalue weighted by Gasteiger charge is -2.14. The van der Waals surface area contributed by atoms with Gasteiger partial charge in [0.25, 0.3) is 0 Å². The van der Waals surface area contributed by atoms with E-state index in [1.807, 2.05) is 0 Å². The second kappa shape index (κ2) is 7.23. The molecule has 1 rings (SSSR count). The molecular formula is C14H16O4. The number of carbonyl (C=O) groups is 1. The quantitative estimate of drug-likeness (QED) is 0.440. The second-order valence-electron chi connectivity index (χ2n) is 3.40. The van der Waals surface area contributed by atoms with Gasteiger partial charge in [-0.15, -0.1) is 11.8 Å². The number of benzene rings is 1. The van der Waals surface area contributed by atoms with Crippen LogP contribution >= 0.6 is 0 Å². The molecule has 0 saturated heterocycles. The Morgan fingerprint density at radius 3 is 2.28 bits per heavy atom. The van der Waals surface area contributed by atoms with Crippen molar-refractivity contribution >= 4 is 6.29 Å². The topological polar surface area (TPSA) is 44.8 Å². The molecule has 0 radical (unpaired) electrons. The maximum atomic E-state index is 10.8. The molecule has 96 valence electrons. The number of aldehydes is 1. The van der Waals surface area contributed by atoms with Gasteiger partial charge in [-0.3, -0.25) is 4.79 Å². The van der Waals surface area contributed by atoms with Crippen molar-refractivity contribution < 1.29 is 19.0 Å². The Morgan fingerprint density at radius 2 is 1.83 bits per heavy atom. The van der Waals surface area contributed by atoms with Crippen molar-refractivity contribution in [3.63, 3.8) is 0 Å². The Bertz CT molecular complexity index is 443. The zero-order chi connectivity index (χ0) is 13.4. The van der Waals surface area contributed by atoms with Crippen LogP contribution in [-0.4, -0.2) is 27.1 Å². The number of rotatable bonds is 6. The van der Waals surface area contributed by atoms with E-state index < -0.39 is 0 Å². The molecule has 0 amide bonds. The SMILES string of the molecule is CC#CCCOc1c(OC)cc(C=O)cc1OC. The number of ether oxygens (including phenoxy) is 3. The molecule has 0 aromatic heterocycles. The summed E-state index contributed by atoms with van der Waals surface area (Å²) in [6.45, 7) is 2.22. The van der Waals surface area contributed by atoms with E-state index in [0.29, 0.717) is 35.8 Å². The highest BCUT2D eigenvalue weighted by Crippen LogP contribution is 2.38. The van der Waals surface area contributed by atoms with Gasteiger partial charge in [-0.05, 0) is 19.1 Å². The fourth-order valence-electron chi connectivity index (χ4n) is 1.44. The molecule has 0 aliphatic heterocycles. The third kappa shape index (κ3) is 3.42. The fourth-order valence-corrected chi connectivity index (χ4v) is 1.44. The Hall–Kier alpha value is -2.15. The Morgan fingerprint density at radius 1 is 1.22 bits per heavy atom. The molecule has 0 saturated carbocycles. The number of methoxy groups -OCH3 is 2. The van der Waals surface area contributed by atoms with Crippen LogP contribution in [0.5, 0.6) is 17.2 Å². The minimum atomic E-state index is 0.438. The zero-order valence-corrected chi connectivity index (χ0v) is 10.8. The van der Waals surface area contributed by atoms with Crippen molar-refractivity contribution in [2.24, 2.45) is 0 Å². The first-order valence-corrected chi connectivity index (χ1v) is 5.50. The molecule has 4 nitrogen and oxygen atoms in total. The third-order valence-corrected chi connectivity index (χ3v) is 2.27. The maximum absolute atomic E-state index is 10.8. The first-order valence-electron chi connectivity index (χ1n) is 5.50. The van der Waals surface area contributed by atoms with Gasteiger partial charge >= 0.3 is 0 Å². The zero-order valence-electron chi connectivity index (χ0n) is 10.8. The van der Waals surface area contributed by atoms with Crippen LogP contribution in [-0.2, 0) is 0 Å². The van der Waals surface area contributed by atoms with Crippen LogP contribution in [0.1, 0.15) is 23.7 Å². The Kier molecular flexibility index (Phi) is 5.59. The lowest BCUT2D eigenvalue weighted by Crippen LogP contribution is -2.01. The normalized spacial score (nSPS) is 9.06. The summed E-state index contributed by atoms with van der Waals surface area (Å²) in [6, 6.07) is 3.21. The van der Waals surface area contributed by atoms with E-state index in [2.05, 4.69) is 11.8 Å². The van der Waals surface area contributed by atoms with Crippen molar-refractivity contribution in [2.45, 2.75) is 13.3 Å². The van der Waals surface area contributed by atoms with E-state index >= 15 is 0 Å². The lowest BCUT2D eigenvalue weighted by atomic mass is 10.2. The minimum Gasteiger partial charge on any atom is -0.493 e. The monoisotopic (exact) mass is 248 g/mol. The highest BCUT2D eigenvalue weighted by molar-refractivity contribution is 5.78. The van der Waals surface area contributed by atoms with Crippen LogP contribution in [0.25, 0.3) is 0 Å². The first kappa shape index (κ1) is 13.9. The Balaban J connectivity index is 2.97. The van der Waals surface area contributed by atoms with Gasteiger partial charge in [0.1, 0.15) is 6.29 Å². The molecule has 0 N–H and O–H groups in total.